The van der Waals surface area contributed by atoms with E-state index >= 15 is 0 Å². The van der Waals surface area contributed by atoms with E-state index in [0.717, 1.165) is 29.1 Å². The van der Waals surface area contributed by atoms with E-state index in [1.807, 2.05) is 27.1 Å². The molecule has 0 unspecified atom stereocenters. The van der Waals surface area contributed by atoms with Crippen LogP contribution in [0.25, 0.3) is 0 Å². The third-order valence-corrected chi connectivity index (χ3v) is 3.10. The molecule has 0 aliphatic carbocycles. The molecule has 0 aromatic carbocycles. The van der Waals surface area contributed by atoms with Crippen molar-refractivity contribution in [2.45, 2.75) is 33.2 Å². The molecule has 0 aliphatic heterocycles. The molecule has 1 heterocycles. The Bertz CT molecular complexity index is 447. The molecule has 0 atom stereocenters. The second-order valence-corrected chi connectivity index (χ2v) is 4.78. The van der Waals surface area contributed by atoms with Crippen molar-refractivity contribution in [3.05, 3.63) is 23.0 Å². The van der Waals surface area contributed by atoms with Gasteiger partial charge in [0.15, 0.2) is 0 Å². The SMILES string of the molecule is COc1c(C)cnc(CN(C)CCCC(=O)O)c1C. The summed E-state index contributed by atoms with van der Waals surface area (Å²) < 4.78 is 5.37. The summed E-state index contributed by atoms with van der Waals surface area (Å²) in [6.45, 7) is 5.41. The van der Waals surface area contributed by atoms with E-state index in [1.54, 1.807) is 7.11 Å². The topological polar surface area (TPSA) is 62.7 Å². The number of carboxylic acid groups (broad SMARTS) is 1. The minimum Gasteiger partial charge on any atom is -0.496 e. The lowest BCUT2D eigenvalue weighted by molar-refractivity contribution is -0.137. The minimum absolute atomic E-state index is 0.202. The lowest BCUT2D eigenvalue weighted by Gasteiger charge is -2.18. The summed E-state index contributed by atoms with van der Waals surface area (Å²) in [5.74, 6) is 0.128. The van der Waals surface area contributed by atoms with E-state index in [0.29, 0.717) is 13.0 Å². The van der Waals surface area contributed by atoms with Gasteiger partial charge in [0.1, 0.15) is 5.75 Å². The number of pyridine rings is 1. The van der Waals surface area contributed by atoms with Crippen LogP contribution >= 0.6 is 0 Å². The summed E-state index contributed by atoms with van der Waals surface area (Å²) in [5, 5.41) is 8.61. The molecule has 0 saturated carbocycles. The van der Waals surface area contributed by atoms with Gasteiger partial charge in [0.05, 0.1) is 12.8 Å². The van der Waals surface area contributed by atoms with Gasteiger partial charge in [-0.2, -0.15) is 0 Å². The highest BCUT2D eigenvalue weighted by molar-refractivity contribution is 5.66. The Balaban J connectivity index is 2.64. The highest BCUT2D eigenvalue weighted by Crippen LogP contribution is 2.24. The Morgan fingerprint density at radius 3 is 2.74 bits per heavy atom. The fourth-order valence-corrected chi connectivity index (χ4v) is 2.07. The van der Waals surface area contributed by atoms with Crippen LogP contribution in [0.15, 0.2) is 6.20 Å². The number of rotatable bonds is 7. The normalized spacial score (nSPS) is 10.8. The number of aryl methyl sites for hydroxylation is 1. The maximum atomic E-state index is 10.5. The maximum absolute atomic E-state index is 10.5. The highest BCUT2D eigenvalue weighted by Gasteiger charge is 2.11. The molecule has 0 radical (unpaired) electrons. The fourth-order valence-electron chi connectivity index (χ4n) is 2.07. The predicted molar refractivity (Wildman–Crippen MR) is 73.5 cm³/mol. The van der Waals surface area contributed by atoms with Gasteiger partial charge < -0.3 is 14.7 Å². The number of nitrogens with zero attached hydrogens (tertiary/aromatic N) is 2. The lowest BCUT2D eigenvalue weighted by atomic mass is 10.1. The van der Waals surface area contributed by atoms with Gasteiger partial charge in [0.2, 0.25) is 0 Å². The van der Waals surface area contributed by atoms with Crippen molar-refractivity contribution < 1.29 is 14.6 Å². The van der Waals surface area contributed by atoms with E-state index in [4.69, 9.17) is 9.84 Å². The molecule has 1 aromatic heterocycles. The summed E-state index contributed by atoms with van der Waals surface area (Å²) in [7, 11) is 3.63. The smallest absolute Gasteiger partial charge is 0.303 e. The largest absolute Gasteiger partial charge is 0.496 e. The fraction of sp³-hybridized carbons (Fsp3) is 0.571. The summed E-state index contributed by atoms with van der Waals surface area (Å²) >= 11 is 0. The number of methoxy groups -OCH3 is 1. The molecule has 0 spiro atoms. The van der Waals surface area contributed by atoms with Crippen LogP contribution in [0.4, 0.5) is 0 Å². The van der Waals surface area contributed by atoms with Crippen LogP contribution < -0.4 is 4.74 Å². The molecule has 1 N–H and O–H groups in total. The van der Waals surface area contributed by atoms with Crippen molar-refractivity contribution in [2.24, 2.45) is 0 Å². The number of hydrogen-bond acceptors (Lipinski definition) is 4. The van der Waals surface area contributed by atoms with E-state index in [-0.39, 0.29) is 6.42 Å². The number of ether oxygens (including phenoxy) is 1. The van der Waals surface area contributed by atoms with Crippen LogP contribution in [-0.2, 0) is 11.3 Å². The van der Waals surface area contributed by atoms with Gasteiger partial charge in [0.25, 0.3) is 0 Å². The highest BCUT2D eigenvalue weighted by atomic mass is 16.5. The molecule has 19 heavy (non-hydrogen) atoms. The van der Waals surface area contributed by atoms with Crippen molar-refractivity contribution in [2.75, 3.05) is 20.7 Å². The second-order valence-electron chi connectivity index (χ2n) is 4.78. The number of carbonyl (C=O) groups is 1. The van der Waals surface area contributed by atoms with Gasteiger partial charge in [-0.05, 0) is 33.9 Å². The number of aliphatic carboxylic acids is 1. The summed E-state index contributed by atoms with van der Waals surface area (Å²) in [6.07, 6.45) is 2.66. The molecule has 0 amide bonds. The zero-order chi connectivity index (χ0) is 14.4. The van der Waals surface area contributed by atoms with E-state index < -0.39 is 5.97 Å². The van der Waals surface area contributed by atoms with Crippen LogP contribution in [-0.4, -0.2) is 41.7 Å². The third kappa shape index (κ3) is 4.52. The summed E-state index contributed by atoms with van der Waals surface area (Å²) in [4.78, 5) is 17.0. The Morgan fingerprint density at radius 1 is 1.47 bits per heavy atom. The Labute approximate surface area is 114 Å². The predicted octanol–water partition coefficient (Wildman–Crippen LogP) is 2.00. The summed E-state index contributed by atoms with van der Waals surface area (Å²) in [5.41, 5.74) is 3.05. The van der Waals surface area contributed by atoms with Crippen LogP contribution in [0.3, 0.4) is 0 Å². The van der Waals surface area contributed by atoms with E-state index in [2.05, 4.69) is 9.88 Å². The van der Waals surface area contributed by atoms with Crippen molar-refractivity contribution >= 4 is 5.97 Å². The van der Waals surface area contributed by atoms with Crippen molar-refractivity contribution in [3.8, 4) is 5.75 Å². The molecule has 1 rings (SSSR count). The zero-order valence-electron chi connectivity index (χ0n) is 12.1. The first-order valence-corrected chi connectivity index (χ1v) is 6.35. The Kier molecular flexibility index (Phi) is 5.76. The van der Waals surface area contributed by atoms with E-state index in [1.165, 1.54) is 0 Å². The van der Waals surface area contributed by atoms with Crippen LogP contribution in [0.1, 0.15) is 29.7 Å². The lowest BCUT2D eigenvalue weighted by Crippen LogP contribution is -2.21. The van der Waals surface area contributed by atoms with Crippen LogP contribution in [0.2, 0.25) is 0 Å². The van der Waals surface area contributed by atoms with Crippen molar-refractivity contribution in [1.82, 2.24) is 9.88 Å². The van der Waals surface area contributed by atoms with Gasteiger partial charge in [-0.15, -0.1) is 0 Å². The Hall–Kier alpha value is -1.62. The molecule has 0 fully saturated rings. The minimum atomic E-state index is -0.750. The molecule has 0 bridgehead atoms. The first-order valence-electron chi connectivity index (χ1n) is 6.35. The van der Waals surface area contributed by atoms with Crippen molar-refractivity contribution in [3.63, 3.8) is 0 Å². The van der Waals surface area contributed by atoms with Gasteiger partial charge in [0, 0.05) is 30.3 Å². The van der Waals surface area contributed by atoms with Crippen LogP contribution in [0, 0.1) is 13.8 Å². The first kappa shape index (κ1) is 15.4. The second kappa shape index (κ2) is 7.09. The van der Waals surface area contributed by atoms with Crippen LogP contribution in [0.5, 0.6) is 5.75 Å². The van der Waals surface area contributed by atoms with Gasteiger partial charge in [-0.25, -0.2) is 0 Å². The third-order valence-electron chi connectivity index (χ3n) is 3.10. The molecule has 106 valence electrons. The number of carboxylic acids is 1. The molecular formula is C14H22N2O3. The molecule has 0 saturated heterocycles. The average molecular weight is 266 g/mol. The van der Waals surface area contributed by atoms with Gasteiger partial charge in [-0.1, -0.05) is 0 Å². The van der Waals surface area contributed by atoms with E-state index in [9.17, 15) is 4.79 Å². The quantitative estimate of drug-likeness (QED) is 0.818. The number of aromatic nitrogens is 1. The molecule has 5 heteroatoms. The average Bonchev–Trinajstić information content (AvgIpc) is 2.33. The van der Waals surface area contributed by atoms with Gasteiger partial charge >= 0.3 is 5.97 Å². The zero-order valence-corrected chi connectivity index (χ0v) is 12.1. The molecule has 0 aliphatic rings. The monoisotopic (exact) mass is 266 g/mol. The molecule has 1 aromatic rings. The molecule has 5 nitrogen and oxygen atoms in total. The van der Waals surface area contributed by atoms with Gasteiger partial charge in [-0.3, -0.25) is 9.78 Å². The number of hydrogen-bond donors (Lipinski definition) is 1. The maximum Gasteiger partial charge on any atom is 0.303 e. The first-order chi connectivity index (χ1) is 8.95. The molecular weight excluding hydrogens is 244 g/mol. The standard InChI is InChI=1S/C14H22N2O3/c1-10-8-15-12(11(2)14(10)19-4)9-16(3)7-5-6-13(17)18/h8H,5-7,9H2,1-4H3,(H,17,18). The Morgan fingerprint density at radius 2 is 2.16 bits per heavy atom. The summed E-state index contributed by atoms with van der Waals surface area (Å²) in [6, 6.07) is 0. The van der Waals surface area contributed by atoms with Crippen molar-refractivity contribution in [1.29, 1.82) is 0 Å².